The Morgan fingerprint density at radius 3 is 2.57 bits per heavy atom. The van der Waals surface area contributed by atoms with Gasteiger partial charge in [0, 0.05) is 37.8 Å². The van der Waals surface area contributed by atoms with Gasteiger partial charge in [0.2, 0.25) is 0 Å². The highest BCUT2D eigenvalue weighted by Crippen LogP contribution is 2.35. The molecule has 0 amide bonds. The van der Waals surface area contributed by atoms with Gasteiger partial charge in [0.25, 0.3) is 5.69 Å². The van der Waals surface area contributed by atoms with Crippen LogP contribution >= 0.6 is 0 Å². The van der Waals surface area contributed by atoms with Crippen molar-refractivity contribution >= 4 is 17.1 Å². The minimum atomic E-state index is -0.330. The number of nitrogens with one attached hydrogen (secondary N) is 2. The Kier molecular flexibility index (Phi) is 6.36. The lowest BCUT2D eigenvalue weighted by Crippen LogP contribution is -2.54. The predicted molar refractivity (Wildman–Crippen MR) is 113 cm³/mol. The number of anilines is 2. The van der Waals surface area contributed by atoms with E-state index in [1.54, 1.807) is 12.1 Å². The van der Waals surface area contributed by atoms with Gasteiger partial charge in [0.15, 0.2) is 0 Å². The van der Waals surface area contributed by atoms with Crippen LogP contribution in [0.4, 0.5) is 17.1 Å². The maximum absolute atomic E-state index is 11.6. The molecule has 2 aromatic carbocycles. The van der Waals surface area contributed by atoms with Crippen LogP contribution < -0.4 is 20.3 Å². The normalized spacial score (nSPS) is 19.3. The molecule has 0 radical (unpaired) electrons. The summed E-state index contributed by atoms with van der Waals surface area (Å²) < 4.78 is 5.82. The summed E-state index contributed by atoms with van der Waals surface area (Å²) in [6, 6.07) is 13.7. The number of benzene rings is 2. The molecule has 1 heterocycles. The summed E-state index contributed by atoms with van der Waals surface area (Å²) in [7, 11) is 0. The van der Waals surface area contributed by atoms with Crippen molar-refractivity contribution in [2.45, 2.75) is 32.9 Å². The minimum absolute atomic E-state index is 0.0900. The van der Waals surface area contributed by atoms with E-state index in [9.17, 15) is 10.1 Å². The van der Waals surface area contributed by atoms with Crippen LogP contribution in [0, 0.1) is 17.0 Å². The van der Waals surface area contributed by atoms with E-state index < -0.39 is 0 Å². The monoisotopic (exact) mass is 384 g/mol. The molecule has 28 heavy (non-hydrogen) atoms. The van der Waals surface area contributed by atoms with Gasteiger partial charge < -0.3 is 20.3 Å². The van der Waals surface area contributed by atoms with Gasteiger partial charge in [0.05, 0.1) is 10.6 Å². The molecule has 3 rings (SSSR count). The number of hydrogen-bond acceptors (Lipinski definition) is 6. The molecule has 0 saturated carbocycles. The van der Waals surface area contributed by atoms with Crippen molar-refractivity contribution < 1.29 is 9.66 Å². The Balaban J connectivity index is 1.74. The largest absolute Gasteiger partial charge is 0.491 e. The molecule has 0 aliphatic carbocycles. The van der Waals surface area contributed by atoms with E-state index in [2.05, 4.69) is 29.4 Å². The van der Waals surface area contributed by atoms with Crippen molar-refractivity contribution in [1.82, 2.24) is 5.32 Å². The molecule has 2 unspecified atom stereocenters. The van der Waals surface area contributed by atoms with E-state index in [1.165, 1.54) is 0 Å². The van der Waals surface area contributed by atoms with Crippen LogP contribution in [0.3, 0.4) is 0 Å². The molecule has 7 heteroatoms. The van der Waals surface area contributed by atoms with Gasteiger partial charge in [0.1, 0.15) is 18.0 Å². The van der Waals surface area contributed by atoms with E-state index in [-0.39, 0.29) is 10.6 Å². The van der Waals surface area contributed by atoms with E-state index in [1.807, 2.05) is 37.3 Å². The van der Waals surface area contributed by atoms with Crippen LogP contribution in [0.15, 0.2) is 42.5 Å². The summed E-state index contributed by atoms with van der Waals surface area (Å²) in [5.41, 5.74) is 2.58. The lowest BCUT2D eigenvalue weighted by Gasteiger charge is -2.38. The Bertz CT molecular complexity index is 817. The summed E-state index contributed by atoms with van der Waals surface area (Å²) in [5, 5.41) is 18.3. The van der Waals surface area contributed by atoms with E-state index in [4.69, 9.17) is 4.74 Å². The highest BCUT2D eigenvalue weighted by molar-refractivity contribution is 5.79. The second-order valence-corrected chi connectivity index (χ2v) is 7.34. The van der Waals surface area contributed by atoms with Crippen molar-refractivity contribution in [2.24, 2.45) is 0 Å². The van der Waals surface area contributed by atoms with E-state index >= 15 is 0 Å². The zero-order chi connectivity index (χ0) is 20.1. The first-order chi connectivity index (χ1) is 13.5. The van der Waals surface area contributed by atoms with Gasteiger partial charge in [-0.2, -0.15) is 0 Å². The van der Waals surface area contributed by atoms with Crippen LogP contribution in [-0.2, 0) is 0 Å². The van der Waals surface area contributed by atoms with Gasteiger partial charge in [-0.25, -0.2) is 0 Å². The van der Waals surface area contributed by atoms with Crippen molar-refractivity contribution in [3.63, 3.8) is 0 Å². The number of piperazine rings is 1. The highest BCUT2D eigenvalue weighted by Gasteiger charge is 2.26. The molecule has 1 fully saturated rings. The quantitative estimate of drug-likeness (QED) is 0.431. The predicted octanol–water partition coefficient (Wildman–Crippen LogP) is 3.58. The molecule has 1 aliphatic heterocycles. The summed E-state index contributed by atoms with van der Waals surface area (Å²) in [5.74, 6) is 0.830. The maximum Gasteiger partial charge on any atom is 0.294 e. The molecule has 0 spiro atoms. The smallest absolute Gasteiger partial charge is 0.294 e. The van der Waals surface area contributed by atoms with Crippen molar-refractivity contribution in [2.75, 3.05) is 36.5 Å². The number of ether oxygens (including phenoxy) is 1. The van der Waals surface area contributed by atoms with Crippen molar-refractivity contribution in [1.29, 1.82) is 0 Å². The first-order valence-electron chi connectivity index (χ1n) is 9.66. The van der Waals surface area contributed by atoms with Gasteiger partial charge in [-0.15, -0.1) is 0 Å². The molecule has 2 atom stereocenters. The number of para-hydroxylation sites is 2. The number of nitro benzene ring substituents is 1. The second kappa shape index (κ2) is 8.93. The van der Waals surface area contributed by atoms with E-state index in [0.717, 1.165) is 30.1 Å². The van der Waals surface area contributed by atoms with Crippen LogP contribution in [0.25, 0.3) is 0 Å². The average molecular weight is 384 g/mol. The van der Waals surface area contributed by atoms with Crippen LogP contribution in [0.2, 0.25) is 0 Å². The first kappa shape index (κ1) is 19.9. The van der Waals surface area contributed by atoms with Crippen LogP contribution in [0.1, 0.15) is 19.4 Å². The summed E-state index contributed by atoms with van der Waals surface area (Å²) in [6.07, 6.45) is 0. The number of nitro groups is 1. The molecule has 1 aliphatic rings. The molecule has 150 valence electrons. The molecule has 2 aromatic rings. The molecule has 0 aromatic heterocycles. The van der Waals surface area contributed by atoms with E-state index in [0.29, 0.717) is 30.9 Å². The fourth-order valence-electron chi connectivity index (χ4n) is 3.70. The Morgan fingerprint density at radius 2 is 1.89 bits per heavy atom. The highest BCUT2D eigenvalue weighted by atomic mass is 16.6. The minimum Gasteiger partial charge on any atom is -0.491 e. The zero-order valence-corrected chi connectivity index (χ0v) is 16.6. The molecule has 7 nitrogen and oxygen atoms in total. The zero-order valence-electron chi connectivity index (χ0n) is 16.6. The molecule has 2 N–H and O–H groups in total. The summed E-state index contributed by atoms with van der Waals surface area (Å²) in [4.78, 5) is 13.5. The Morgan fingerprint density at radius 1 is 1.18 bits per heavy atom. The lowest BCUT2D eigenvalue weighted by molar-refractivity contribution is -0.383. The molecular formula is C21H28N4O3. The third kappa shape index (κ3) is 4.72. The first-order valence-corrected chi connectivity index (χ1v) is 9.66. The number of nitrogens with zero attached hydrogens (tertiary/aromatic N) is 2. The Hall–Kier alpha value is -2.80. The molecule has 1 saturated heterocycles. The SMILES string of the molecule is Cc1ccccc1OCCNc1c(N2CC(C)NC(C)C2)cccc1[N+](=O)[O-]. The number of hydrogen-bond donors (Lipinski definition) is 2. The second-order valence-electron chi connectivity index (χ2n) is 7.34. The van der Waals surface area contributed by atoms with Gasteiger partial charge in [-0.1, -0.05) is 24.3 Å². The molecular weight excluding hydrogens is 356 g/mol. The fourth-order valence-corrected chi connectivity index (χ4v) is 3.70. The van der Waals surface area contributed by atoms with Crippen molar-refractivity contribution in [3.8, 4) is 5.75 Å². The van der Waals surface area contributed by atoms with Gasteiger partial charge >= 0.3 is 0 Å². The summed E-state index contributed by atoms with van der Waals surface area (Å²) >= 11 is 0. The van der Waals surface area contributed by atoms with Gasteiger partial charge in [-0.3, -0.25) is 10.1 Å². The standard InChI is InChI=1S/C21H28N4O3/c1-15-7-4-5-10-20(15)28-12-11-22-21-18(8-6-9-19(21)25(26)27)24-13-16(2)23-17(3)14-24/h4-10,16-17,22-23H,11-14H2,1-3H3. The number of aryl methyl sites for hydroxylation is 1. The van der Waals surface area contributed by atoms with Crippen molar-refractivity contribution in [3.05, 3.63) is 58.1 Å². The number of rotatable bonds is 7. The van der Waals surface area contributed by atoms with Crippen LogP contribution in [0.5, 0.6) is 5.75 Å². The lowest BCUT2D eigenvalue weighted by atomic mass is 10.1. The summed E-state index contributed by atoms with van der Waals surface area (Å²) in [6.45, 7) is 8.76. The average Bonchev–Trinajstić information content (AvgIpc) is 2.65. The fraction of sp³-hybridized carbons (Fsp3) is 0.429. The maximum atomic E-state index is 11.6. The van der Waals surface area contributed by atoms with Crippen LogP contribution in [-0.4, -0.2) is 43.2 Å². The Labute approximate surface area is 165 Å². The molecule has 0 bridgehead atoms. The third-order valence-electron chi connectivity index (χ3n) is 4.87. The third-order valence-corrected chi connectivity index (χ3v) is 4.87. The topological polar surface area (TPSA) is 79.7 Å². The van der Waals surface area contributed by atoms with Gasteiger partial charge in [-0.05, 0) is 38.5 Å².